The van der Waals surface area contributed by atoms with Crippen LogP contribution in [-0.2, 0) is 0 Å². The number of methoxy groups -OCH3 is 1. The first-order chi connectivity index (χ1) is 16.9. The van der Waals surface area contributed by atoms with Crippen LogP contribution in [0.15, 0.2) is 35.8 Å². The summed E-state index contributed by atoms with van der Waals surface area (Å²) in [5, 5.41) is 5.46. The number of ether oxygens (including phenoxy) is 1. The summed E-state index contributed by atoms with van der Waals surface area (Å²) in [6, 6.07) is 8.01. The Labute approximate surface area is 210 Å². The molecule has 3 aromatic heterocycles. The van der Waals surface area contributed by atoms with Crippen molar-refractivity contribution in [3.05, 3.63) is 58.5 Å². The van der Waals surface area contributed by atoms with Crippen molar-refractivity contribution >= 4 is 39.4 Å². The summed E-state index contributed by atoms with van der Waals surface area (Å²) in [5.41, 5.74) is 3.75. The summed E-state index contributed by atoms with van der Waals surface area (Å²) < 4.78 is 7.21. The first-order valence-corrected chi connectivity index (χ1v) is 13.3. The second kappa shape index (κ2) is 8.46. The first-order valence-electron chi connectivity index (χ1n) is 11.6. The molecule has 1 aliphatic heterocycles. The molecule has 6 rings (SSSR count). The zero-order chi connectivity index (χ0) is 24.3. The van der Waals surface area contributed by atoms with Gasteiger partial charge in [-0.25, -0.2) is 4.98 Å². The van der Waals surface area contributed by atoms with E-state index in [1.165, 1.54) is 22.7 Å². The molecular weight excluding hydrogens is 482 g/mol. The first kappa shape index (κ1) is 22.2. The van der Waals surface area contributed by atoms with E-state index in [4.69, 9.17) is 4.74 Å². The minimum Gasteiger partial charge on any atom is -0.473 e. The fourth-order valence-electron chi connectivity index (χ4n) is 5.17. The molecule has 1 saturated heterocycles. The third-order valence-electron chi connectivity index (χ3n) is 6.95. The molecule has 4 heterocycles. The summed E-state index contributed by atoms with van der Waals surface area (Å²) in [7, 11) is 1.57. The number of thiazole rings is 2. The van der Waals surface area contributed by atoms with E-state index in [0.717, 1.165) is 27.4 Å². The van der Waals surface area contributed by atoms with Crippen LogP contribution in [0.4, 0.5) is 0 Å². The molecule has 3 atom stereocenters. The molecule has 1 aromatic carbocycles. The van der Waals surface area contributed by atoms with Crippen molar-refractivity contribution in [2.24, 2.45) is 11.8 Å². The van der Waals surface area contributed by atoms with E-state index in [0.29, 0.717) is 47.2 Å². The van der Waals surface area contributed by atoms with Gasteiger partial charge in [-0.05, 0) is 37.7 Å². The molecule has 2 aliphatic rings. The molecule has 1 aliphatic carbocycles. The van der Waals surface area contributed by atoms with Crippen molar-refractivity contribution in [3.8, 4) is 15.6 Å². The number of carbonyl (C=O) groups is 2. The number of hydrogen-bond donors (Lipinski definition) is 1. The molecule has 0 bridgehead atoms. The second-order valence-corrected chi connectivity index (χ2v) is 11.1. The van der Waals surface area contributed by atoms with Gasteiger partial charge in [0.1, 0.15) is 5.69 Å². The fraction of sp³-hybridized carbons (Fsp3) is 0.360. The zero-order valence-electron chi connectivity index (χ0n) is 19.6. The maximum atomic E-state index is 13.8. The van der Waals surface area contributed by atoms with E-state index in [1.807, 2.05) is 52.9 Å². The number of aryl methyl sites for hydroxylation is 2. The Morgan fingerprint density at radius 1 is 1.26 bits per heavy atom. The smallest absolute Gasteiger partial charge is 0.274 e. The number of amides is 2. The average molecular weight is 508 g/mol. The number of aromatic nitrogens is 3. The minimum atomic E-state index is -0.166. The number of nitrogens with one attached hydrogen (secondary N) is 1. The zero-order valence-corrected chi connectivity index (χ0v) is 21.3. The van der Waals surface area contributed by atoms with Gasteiger partial charge >= 0.3 is 0 Å². The lowest BCUT2D eigenvalue weighted by Gasteiger charge is -2.27. The van der Waals surface area contributed by atoms with E-state index in [9.17, 15) is 9.59 Å². The number of rotatable bonds is 6. The van der Waals surface area contributed by atoms with Crippen molar-refractivity contribution < 1.29 is 14.3 Å². The average Bonchev–Trinajstić information content (AvgIpc) is 3.21. The molecule has 10 heteroatoms. The third-order valence-corrected chi connectivity index (χ3v) is 8.77. The molecule has 1 saturated carbocycles. The maximum Gasteiger partial charge on any atom is 0.274 e. The minimum absolute atomic E-state index is 0.0549. The van der Waals surface area contributed by atoms with Gasteiger partial charge < -0.3 is 15.0 Å². The van der Waals surface area contributed by atoms with Crippen molar-refractivity contribution in [2.75, 3.05) is 20.2 Å². The molecule has 4 aromatic rings. The fourth-order valence-corrected chi connectivity index (χ4v) is 6.79. The van der Waals surface area contributed by atoms with Gasteiger partial charge in [-0.15, -0.1) is 11.3 Å². The van der Waals surface area contributed by atoms with Crippen LogP contribution >= 0.6 is 22.7 Å². The van der Waals surface area contributed by atoms with E-state index in [1.54, 1.807) is 7.11 Å². The van der Waals surface area contributed by atoms with Crippen molar-refractivity contribution in [1.82, 2.24) is 24.6 Å². The highest BCUT2D eigenvalue weighted by atomic mass is 32.1. The number of fused-ring (bicyclic) bond motifs is 2. The predicted molar refractivity (Wildman–Crippen MR) is 135 cm³/mol. The van der Waals surface area contributed by atoms with Crippen LogP contribution in [0, 0.1) is 25.7 Å². The van der Waals surface area contributed by atoms with Gasteiger partial charge in [0.15, 0.2) is 10.7 Å². The van der Waals surface area contributed by atoms with E-state index in [-0.39, 0.29) is 17.9 Å². The lowest BCUT2D eigenvalue weighted by molar-refractivity contribution is 0.0689. The molecule has 0 spiro atoms. The molecule has 1 N–H and O–H groups in total. The number of hydrogen-bond acceptors (Lipinski definition) is 7. The van der Waals surface area contributed by atoms with Crippen LogP contribution in [0.25, 0.3) is 15.4 Å². The van der Waals surface area contributed by atoms with Crippen LogP contribution in [0.3, 0.4) is 0 Å². The summed E-state index contributed by atoms with van der Waals surface area (Å²) in [6.07, 6.45) is 2.95. The number of carbonyl (C=O) groups excluding carboxylic acids is 2. The van der Waals surface area contributed by atoms with Gasteiger partial charge in [-0.3, -0.25) is 14.0 Å². The maximum absolute atomic E-state index is 13.8. The Kier molecular flexibility index (Phi) is 5.37. The highest BCUT2D eigenvalue weighted by Crippen LogP contribution is 2.50. The molecule has 2 amide bonds. The standard InChI is InChI=1S/C25H25N5O3S2/c1-13-5-4-6-15(9-13)21-19(28-25(33-3)35-21)23(32)30-12-16-10-17(16)18(30)11-26-22(31)20-14(2)27-24-29(20)7-8-34-24/h4-9,16-18H,10-12H2,1-3H3,(H,26,31)/t16-,17-,18-/m1/s1. The SMILES string of the molecule is COc1nc(C(=O)N2C[C@H]3C[C@H]3[C@H]2CNC(=O)c2c(C)nc3sccn23)c(-c2cccc(C)c2)s1. The van der Waals surface area contributed by atoms with Crippen molar-refractivity contribution in [1.29, 1.82) is 0 Å². The Bertz CT molecular complexity index is 1450. The normalized spacial score (nSPS) is 20.8. The van der Waals surface area contributed by atoms with Gasteiger partial charge in [0, 0.05) is 24.7 Å². The largest absolute Gasteiger partial charge is 0.473 e. The molecule has 0 unspecified atom stereocenters. The lowest BCUT2D eigenvalue weighted by atomic mass is 10.1. The van der Waals surface area contributed by atoms with Crippen LogP contribution in [0.1, 0.15) is 38.7 Å². The molecular formula is C25H25N5O3S2. The van der Waals surface area contributed by atoms with Gasteiger partial charge in [0.05, 0.1) is 23.7 Å². The predicted octanol–water partition coefficient (Wildman–Crippen LogP) is 4.04. The van der Waals surface area contributed by atoms with Crippen molar-refractivity contribution in [2.45, 2.75) is 26.3 Å². The van der Waals surface area contributed by atoms with Crippen LogP contribution < -0.4 is 10.1 Å². The van der Waals surface area contributed by atoms with Gasteiger partial charge in [-0.1, -0.05) is 41.2 Å². The third kappa shape index (κ3) is 3.81. The number of imidazole rings is 1. The lowest BCUT2D eigenvalue weighted by Crippen LogP contribution is -2.46. The van der Waals surface area contributed by atoms with Gasteiger partial charge in [-0.2, -0.15) is 4.98 Å². The molecule has 8 nitrogen and oxygen atoms in total. The Balaban J connectivity index is 1.25. The number of likely N-dealkylation sites (tertiary alicyclic amines) is 1. The summed E-state index contributed by atoms with van der Waals surface area (Å²) in [6.45, 7) is 4.97. The monoisotopic (exact) mass is 507 g/mol. The highest BCUT2D eigenvalue weighted by Gasteiger charge is 2.54. The molecule has 35 heavy (non-hydrogen) atoms. The Hall–Kier alpha value is -3.24. The Morgan fingerprint density at radius 2 is 2.11 bits per heavy atom. The summed E-state index contributed by atoms with van der Waals surface area (Å²) >= 11 is 2.88. The topological polar surface area (TPSA) is 88.8 Å². The molecule has 2 fully saturated rings. The summed E-state index contributed by atoms with van der Waals surface area (Å²) in [4.78, 5) is 39.4. The van der Waals surface area contributed by atoms with E-state index >= 15 is 0 Å². The van der Waals surface area contributed by atoms with Crippen LogP contribution in [-0.4, -0.2) is 57.3 Å². The van der Waals surface area contributed by atoms with E-state index in [2.05, 4.69) is 21.4 Å². The van der Waals surface area contributed by atoms with Crippen molar-refractivity contribution in [3.63, 3.8) is 0 Å². The van der Waals surface area contributed by atoms with Crippen LogP contribution in [0.2, 0.25) is 0 Å². The quantitative estimate of drug-likeness (QED) is 0.426. The van der Waals surface area contributed by atoms with E-state index < -0.39 is 0 Å². The Morgan fingerprint density at radius 3 is 2.91 bits per heavy atom. The number of nitrogens with zero attached hydrogens (tertiary/aromatic N) is 4. The van der Waals surface area contributed by atoms with Gasteiger partial charge in [0.2, 0.25) is 0 Å². The van der Waals surface area contributed by atoms with Crippen LogP contribution in [0.5, 0.6) is 5.19 Å². The summed E-state index contributed by atoms with van der Waals surface area (Å²) in [5.74, 6) is 0.632. The number of piperidine rings is 1. The molecule has 0 radical (unpaired) electrons. The molecule has 180 valence electrons. The number of benzene rings is 1. The second-order valence-electron chi connectivity index (χ2n) is 9.23. The highest BCUT2D eigenvalue weighted by molar-refractivity contribution is 7.17. The van der Waals surface area contributed by atoms with Gasteiger partial charge in [0.25, 0.3) is 17.0 Å².